The molecule has 1 rings (SSSR count). The van der Waals surface area contributed by atoms with Crippen LogP contribution in [0.4, 0.5) is 0 Å². The lowest BCUT2D eigenvalue weighted by Gasteiger charge is -2.30. The van der Waals surface area contributed by atoms with Gasteiger partial charge in [-0.2, -0.15) is 37.9 Å². The van der Waals surface area contributed by atoms with Gasteiger partial charge in [-0.1, -0.05) is 61.8 Å². The molecule has 0 bridgehead atoms. The molecule has 1 aromatic heterocycles. The number of primary amides is 3. The van der Waals surface area contributed by atoms with Crippen LogP contribution in [0.1, 0.15) is 132 Å². The van der Waals surface area contributed by atoms with Gasteiger partial charge in [0.15, 0.2) is 0 Å². The molecule has 0 spiro atoms. The number of aromatic nitrogens is 2. The number of thiol groups is 3. The third-order valence-corrected chi connectivity index (χ3v) is 17.4. The minimum atomic E-state index is -1.65. The highest BCUT2D eigenvalue weighted by atomic mass is 32.1. The summed E-state index contributed by atoms with van der Waals surface area (Å²) in [7, 11) is 0. The number of aliphatic carboxylic acids is 2. The molecule has 0 saturated carbocycles. The number of nitrogens with one attached hydrogen (secondary N) is 14. The first-order valence-electron chi connectivity index (χ1n) is 34.1. The predicted octanol–water partition coefficient (Wildman–Crippen LogP) is -7.50. The fourth-order valence-electron chi connectivity index (χ4n) is 9.82. The molecular weight excluding hydrogens is 1450 g/mol. The molecule has 0 unspecified atom stereocenters. The van der Waals surface area contributed by atoms with Gasteiger partial charge in [0.2, 0.25) is 94.5 Å². The molecule has 43 heteroatoms. The fourth-order valence-corrected chi connectivity index (χ4v) is 10.6. The molecule has 0 fully saturated rings. The van der Waals surface area contributed by atoms with E-state index in [1.807, 2.05) is 0 Å². The highest BCUT2D eigenvalue weighted by molar-refractivity contribution is 7.80. The van der Waals surface area contributed by atoms with E-state index in [0.717, 1.165) is 0 Å². The van der Waals surface area contributed by atoms with Crippen LogP contribution in [0, 0.1) is 23.7 Å². The van der Waals surface area contributed by atoms with E-state index in [-0.39, 0.29) is 56.6 Å². The van der Waals surface area contributed by atoms with Crippen molar-refractivity contribution in [3.05, 3.63) is 18.2 Å². The van der Waals surface area contributed by atoms with Crippen LogP contribution in [-0.4, -0.2) is 236 Å². The van der Waals surface area contributed by atoms with E-state index in [1.54, 1.807) is 27.7 Å². The number of nitrogens with zero attached hydrogens (tertiary/aromatic N) is 1. The summed E-state index contributed by atoms with van der Waals surface area (Å²) in [5.74, 6) is -22.2. The second-order valence-electron chi connectivity index (χ2n) is 26.0. The zero-order valence-corrected chi connectivity index (χ0v) is 63.1. The normalized spacial score (nSPS) is 15.1. The summed E-state index contributed by atoms with van der Waals surface area (Å²) >= 11 is 12.6. The van der Waals surface area contributed by atoms with E-state index in [2.05, 4.69) is 117 Å². The molecule has 0 saturated heterocycles. The first kappa shape index (κ1) is 94.7. The molecule has 0 aliphatic rings. The zero-order chi connectivity index (χ0) is 80.8. The molecule has 0 aliphatic carbocycles. The van der Waals surface area contributed by atoms with Crippen molar-refractivity contribution in [2.45, 2.75) is 211 Å². The molecule has 1 aromatic rings. The van der Waals surface area contributed by atoms with Crippen LogP contribution in [-0.2, 0) is 92.7 Å². The Bertz CT molecular complexity index is 3210. The Kier molecular flexibility index (Phi) is 43.5. The Labute approximate surface area is 629 Å². The van der Waals surface area contributed by atoms with Crippen LogP contribution in [0.5, 0.6) is 0 Å². The quantitative estimate of drug-likeness (QED) is 0.0213. The van der Waals surface area contributed by atoms with Gasteiger partial charge < -0.3 is 113 Å². The molecule has 26 N–H and O–H groups in total. The standard InChI is InChI=1S/C63H106N20O20S3/c1-9-31(8)50(62(101)75-36(15-18-46(88)89)55(94)79-40(25-105)58(97)82-49(30(6)7)63(102)103)83-59(98)41(26-106)78-53(92)34(12-10-11-19-64)73-54(93)35(14-17-43(67)85)74-60(99)47(28(2)3)81-61(100)48(29(4)5)80-56(95)37(20-32-22-69-27-71-32)77-57(96)39(24-104)72-45(87)23-70-52(91)38(21-44(68)86)76-51(90)33(65)13-16-42(66)84/h22,27-31,33-41,47-50,104-106H,9-21,23-26,64-65H2,1-8H3,(H2,66,84)(H2,67,85)(H2,68,86)(H,69,71)(H,70,91)(H,72,87)(H,73,93)(H,74,99)(H,75,101)(H,76,90)(H,77,96)(H,78,92)(H,79,94)(H,80,95)(H,81,100)(H,82,97)(H,83,98)(H,88,89)(H,102,103)/t31-,33-,34-,35-,36-,37-,38-,39-,40-,41-,47-,48-,49-,50-/m0/s1. The second kappa shape index (κ2) is 48.7. The van der Waals surface area contributed by atoms with Gasteiger partial charge in [-0.05, 0) is 68.7 Å². The first-order chi connectivity index (χ1) is 49.7. The van der Waals surface area contributed by atoms with Crippen molar-refractivity contribution in [3.8, 4) is 0 Å². The first-order valence-corrected chi connectivity index (χ1v) is 36.0. The molecule has 0 aromatic carbocycles. The Hall–Kier alpha value is -9.36. The summed E-state index contributed by atoms with van der Waals surface area (Å²) in [5.41, 5.74) is 27.7. The van der Waals surface area contributed by atoms with Crippen molar-refractivity contribution in [2.75, 3.05) is 30.3 Å². The Morgan fingerprint density at radius 3 is 1.27 bits per heavy atom. The van der Waals surface area contributed by atoms with Gasteiger partial charge >= 0.3 is 11.9 Å². The number of aromatic amines is 1. The van der Waals surface area contributed by atoms with Crippen LogP contribution in [0.25, 0.3) is 0 Å². The number of nitrogens with two attached hydrogens (primary N) is 5. The van der Waals surface area contributed by atoms with Gasteiger partial charge in [-0.15, -0.1) is 0 Å². The smallest absolute Gasteiger partial charge is 0.326 e. The lowest BCUT2D eigenvalue weighted by atomic mass is 9.97. The number of carbonyl (C=O) groups excluding carboxylic acids is 16. The van der Waals surface area contributed by atoms with Gasteiger partial charge in [-0.3, -0.25) is 81.5 Å². The maximum Gasteiger partial charge on any atom is 0.326 e. The van der Waals surface area contributed by atoms with E-state index >= 15 is 0 Å². The van der Waals surface area contributed by atoms with Crippen LogP contribution in [0.3, 0.4) is 0 Å². The van der Waals surface area contributed by atoms with Crippen molar-refractivity contribution >= 4 is 144 Å². The van der Waals surface area contributed by atoms with E-state index in [4.69, 9.17) is 28.7 Å². The average Bonchev–Trinajstić information content (AvgIpc) is 0.854. The molecule has 1 heterocycles. The maximum absolute atomic E-state index is 14.4. The maximum atomic E-state index is 14.4. The number of amides is 16. The second-order valence-corrected chi connectivity index (χ2v) is 27.1. The summed E-state index contributed by atoms with van der Waals surface area (Å²) in [6.45, 7) is 11.8. The van der Waals surface area contributed by atoms with Gasteiger partial charge in [0.25, 0.3) is 0 Å². The largest absolute Gasteiger partial charge is 0.481 e. The number of unbranched alkanes of at least 4 members (excludes halogenated alkanes) is 1. The monoisotopic (exact) mass is 1560 g/mol. The molecule has 40 nitrogen and oxygen atoms in total. The topological polar surface area (TPSA) is 663 Å². The third kappa shape index (κ3) is 34.7. The number of carboxylic acid groups (broad SMARTS) is 2. The molecule has 14 atom stereocenters. The molecule has 106 heavy (non-hydrogen) atoms. The van der Waals surface area contributed by atoms with Crippen LogP contribution < -0.4 is 97.8 Å². The molecule has 596 valence electrons. The molecule has 0 radical (unpaired) electrons. The zero-order valence-electron chi connectivity index (χ0n) is 60.4. The highest BCUT2D eigenvalue weighted by Gasteiger charge is 2.39. The summed E-state index contributed by atoms with van der Waals surface area (Å²) in [5, 5.41) is 50.8. The van der Waals surface area contributed by atoms with Crippen molar-refractivity contribution in [1.29, 1.82) is 0 Å². The fraction of sp³-hybridized carbons (Fsp3) is 0.667. The van der Waals surface area contributed by atoms with E-state index in [9.17, 15) is 96.5 Å². The molecule has 16 amide bonds. The number of rotatable bonds is 52. The third-order valence-electron chi connectivity index (χ3n) is 16.3. The van der Waals surface area contributed by atoms with Crippen LogP contribution in [0.15, 0.2) is 12.5 Å². The van der Waals surface area contributed by atoms with Crippen molar-refractivity contribution < 1.29 is 96.5 Å². The van der Waals surface area contributed by atoms with E-state index < -0.39 is 253 Å². The highest BCUT2D eigenvalue weighted by Crippen LogP contribution is 2.15. The number of carboxylic acids is 2. The van der Waals surface area contributed by atoms with Crippen molar-refractivity contribution in [1.82, 2.24) is 79.1 Å². The number of hydrogen-bond donors (Lipinski definition) is 24. The lowest BCUT2D eigenvalue weighted by Crippen LogP contribution is -2.62. The summed E-state index contributed by atoms with van der Waals surface area (Å²) < 4.78 is 0. The number of imidazole rings is 1. The van der Waals surface area contributed by atoms with Gasteiger partial charge in [0.05, 0.1) is 25.3 Å². The van der Waals surface area contributed by atoms with E-state index in [0.29, 0.717) is 12.1 Å². The average molecular weight is 1560 g/mol. The van der Waals surface area contributed by atoms with Crippen LogP contribution >= 0.6 is 37.9 Å². The van der Waals surface area contributed by atoms with Crippen molar-refractivity contribution in [3.63, 3.8) is 0 Å². The number of H-pyrrole nitrogens is 1. The Morgan fingerprint density at radius 1 is 0.443 bits per heavy atom. The minimum absolute atomic E-state index is 0.127. The van der Waals surface area contributed by atoms with Gasteiger partial charge in [0, 0.05) is 54.8 Å². The SMILES string of the molecule is CC[C@H](C)[C@H](NC(=O)[C@H](CS)NC(=O)[C@H](CCCCN)NC(=O)[C@H](CCC(N)=O)NC(=O)[C@@H](NC(=O)[C@@H](NC(=O)[C@H](Cc1cnc[nH]1)NC(=O)[C@H](CS)NC(=O)CNC(=O)[C@H](CC(N)=O)NC(=O)[C@@H](N)CCC(N)=O)C(C)C)C(C)C)C(=O)N[C@@H](CCC(=O)O)C(=O)N[C@@H](CS)C(=O)N[C@H](C(=O)O)C(C)C. The summed E-state index contributed by atoms with van der Waals surface area (Å²) in [6, 6.07) is -19.5. The number of carbonyl (C=O) groups is 18. The van der Waals surface area contributed by atoms with Gasteiger partial charge in [0.1, 0.15) is 72.5 Å². The Balaban J connectivity index is 3.49. The Morgan fingerprint density at radius 2 is 0.830 bits per heavy atom. The predicted molar refractivity (Wildman–Crippen MR) is 390 cm³/mol. The summed E-state index contributed by atoms with van der Waals surface area (Å²) in [4.78, 5) is 245. The van der Waals surface area contributed by atoms with Crippen molar-refractivity contribution in [2.24, 2.45) is 52.3 Å². The minimum Gasteiger partial charge on any atom is -0.481 e. The van der Waals surface area contributed by atoms with Gasteiger partial charge in [-0.25, -0.2) is 9.78 Å². The lowest BCUT2D eigenvalue weighted by molar-refractivity contribution is -0.143. The van der Waals surface area contributed by atoms with E-state index in [1.165, 1.54) is 40.2 Å². The summed E-state index contributed by atoms with van der Waals surface area (Å²) in [6.07, 6.45) is -0.368. The molecule has 0 aliphatic heterocycles. The number of hydrogen-bond acceptors (Lipinski definition) is 24. The van der Waals surface area contributed by atoms with Crippen LogP contribution in [0.2, 0.25) is 0 Å². The molecular formula is C63H106N20O20S3.